The van der Waals surface area contributed by atoms with Gasteiger partial charge in [0.2, 0.25) is 0 Å². The Morgan fingerprint density at radius 1 is 0.452 bits per heavy atom. The summed E-state index contributed by atoms with van der Waals surface area (Å²) in [6.45, 7) is 7.82. The first kappa shape index (κ1) is 32.0. The van der Waals surface area contributed by atoms with Gasteiger partial charge in [-0.05, 0) is 37.5 Å². The molecule has 0 aliphatic heterocycles. The quantitative estimate of drug-likeness (QED) is 0.110. The standard InChI is InChI=1S/C33H39N3O3S3/c1-25(40-22-28-13-7-4-8-14-28)19-37-31-34-32(38-20-26(2)41-23-29-15-9-5-10-16-29)36-33(35-31)39-21-27(3)42-24-30-17-11-6-12-18-30/h4-18,25-27H,19-24H2,1-3H3. The molecule has 0 bridgehead atoms. The van der Waals surface area contributed by atoms with Gasteiger partial charge in [-0.25, -0.2) is 0 Å². The zero-order chi connectivity index (χ0) is 29.4. The van der Waals surface area contributed by atoms with E-state index in [2.05, 4.69) is 109 Å². The predicted molar refractivity (Wildman–Crippen MR) is 178 cm³/mol. The van der Waals surface area contributed by atoms with Crippen LogP contribution in [0, 0.1) is 0 Å². The van der Waals surface area contributed by atoms with Crippen molar-refractivity contribution in [2.45, 2.75) is 53.8 Å². The molecule has 0 aliphatic carbocycles. The van der Waals surface area contributed by atoms with Gasteiger partial charge in [0.1, 0.15) is 19.8 Å². The molecule has 1 heterocycles. The van der Waals surface area contributed by atoms with Gasteiger partial charge in [0.25, 0.3) is 0 Å². The zero-order valence-corrected chi connectivity index (χ0v) is 26.9. The van der Waals surface area contributed by atoms with Crippen LogP contribution >= 0.6 is 35.3 Å². The van der Waals surface area contributed by atoms with Gasteiger partial charge in [-0.3, -0.25) is 0 Å². The summed E-state index contributed by atoms with van der Waals surface area (Å²) in [6.07, 6.45) is 0. The number of hydrogen-bond acceptors (Lipinski definition) is 9. The summed E-state index contributed by atoms with van der Waals surface area (Å²) in [5, 5.41) is 0.749. The fourth-order valence-electron chi connectivity index (χ4n) is 3.67. The van der Waals surface area contributed by atoms with E-state index in [-0.39, 0.29) is 33.8 Å². The normalized spacial score (nSPS) is 13.2. The minimum Gasteiger partial charge on any atom is -0.462 e. The number of thioether (sulfide) groups is 3. The largest absolute Gasteiger partial charge is 0.462 e. The summed E-state index contributed by atoms with van der Waals surface area (Å²) < 4.78 is 18.0. The van der Waals surface area contributed by atoms with Crippen molar-refractivity contribution in [1.82, 2.24) is 15.0 Å². The molecule has 4 rings (SSSR count). The van der Waals surface area contributed by atoms with Crippen LogP contribution in [0.2, 0.25) is 0 Å². The first-order valence-electron chi connectivity index (χ1n) is 14.1. The molecule has 0 radical (unpaired) electrons. The highest BCUT2D eigenvalue weighted by molar-refractivity contribution is 7.99. The second-order valence-corrected chi connectivity index (χ2v) is 14.2. The van der Waals surface area contributed by atoms with E-state index < -0.39 is 0 Å². The molecule has 3 atom stereocenters. The van der Waals surface area contributed by atoms with Crippen LogP contribution in [0.5, 0.6) is 18.0 Å². The van der Waals surface area contributed by atoms with Crippen molar-refractivity contribution in [3.05, 3.63) is 108 Å². The van der Waals surface area contributed by atoms with E-state index in [9.17, 15) is 0 Å². The van der Waals surface area contributed by atoms with E-state index in [0.29, 0.717) is 19.8 Å². The highest BCUT2D eigenvalue weighted by Gasteiger charge is 2.15. The highest BCUT2D eigenvalue weighted by atomic mass is 32.2. The van der Waals surface area contributed by atoms with E-state index >= 15 is 0 Å². The molecule has 3 unspecified atom stereocenters. The molecule has 4 aromatic rings. The van der Waals surface area contributed by atoms with Crippen molar-refractivity contribution in [2.75, 3.05) is 19.8 Å². The van der Waals surface area contributed by atoms with Gasteiger partial charge in [0, 0.05) is 33.0 Å². The lowest BCUT2D eigenvalue weighted by Gasteiger charge is -2.16. The van der Waals surface area contributed by atoms with E-state index in [0.717, 1.165) is 17.3 Å². The Morgan fingerprint density at radius 3 is 0.976 bits per heavy atom. The number of rotatable bonds is 18. The fourth-order valence-corrected chi connectivity index (χ4v) is 6.17. The maximum atomic E-state index is 6.01. The lowest BCUT2D eigenvalue weighted by molar-refractivity contribution is 0.238. The molecule has 0 aliphatic rings. The van der Waals surface area contributed by atoms with Gasteiger partial charge in [-0.2, -0.15) is 35.3 Å². The van der Waals surface area contributed by atoms with Crippen molar-refractivity contribution in [3.63, 3.8) is 0 Å². The average molecular weight is 622 g/mol. The molecule has 9 heteroatoms. The fraction of sp³-hybridized carbons (Fsp3) is 0.364. The van der Waals surface area contributed by atoms with Gasteiger partial charge < -0.3 is 14.2 Å². The molecule has 6 nitrogen and oxygen atoms in total. The third kappa shape index (κ3) is 12.2. The monoisotopic (exact) mass is 621 g/mol. The van der Waals surface area contributed by atoms with Crippen LogP contribution in [-0.4, -0.2) is 50.5 Å². The highest BCUT2D eigenvalue weighted by Crippen LogP contribution is 2.23. The Bertz CT molecular complexity index is 1130. The molecule has 0 N–H and O–H groups in total. The van der Waals surface area contributed by atoms with Crippen LogP contribution in [0.25, 0.3) is 0 Å². The summed E-state index contributed by atoms with van der Waals surface area (Å²) in [5.74, 6) is 2.76. The zero-order valence-electron chi connectivity index (χ0n) is 24.4. The average Bonchev–Trinajstić information content (AvgIpc) is 3.04. The van der Waals surface area contributed by atoms with Crippen LogP contribution < -0.4 is 14.2 Å². The van der Waals surface area contributed by atoms with Gasteiger partial charge in [-0.1, -0.05) is 91.0 Å². The molecule has 3 aromatic carbocycles. The second kappa shape index (κ2) is 17.9. The molecule has 42 heavy (non-hydrogen) atoms. The molecular weight excluding hydrogens is 583 g/mol. The van der Waals surface area contributed by atoms with Crippen LogP contribution in [0.3, 0.4) is 0 Å². The summed E-state index contributed by atoms with van der Waals surface area (Å²) in [5.41, 5.74) is 3.87. The van der Waals surface area contributed by atoms with Crippen LogP contribution in [0.4, 0.5) is 0 Å². The lowest BCUT2D eigenvalue weighted by atomic mass is 10.2. The van der Waals surface area contributed by atoms with Crippen LogP contribution in [0.15, 0.2) is 91.0 Å². The number of hydrogen-bond donors (Lipinski definition) is 0. The number of benzene rings is 3. The van der Waals surface area contributed by atoms with E-state index in [4.69, 9.17) is 14.2 Å². The van der Waals surface area contributed by atoms with Gasteiger partial charge >= 0.3 is 18.0 Å². The smallest absolute Gasteiger partial charge is 0.325 e. The van der Waals surface area contributed by atoms with E-state index in [1.54, 1.807) is 0 Å². The van der Waals surface area contributed by atoms with Gasteiger partial charge in [0.15, 0.2) is 0 Å². The SMILES string of the molecule is CC(COc1nc(OCC(C)SCc2ccccc2)nc(OCC(C)SCc2ccccc2)n1)SCc1ccccc1. The van der Waals surface area contributed by atoms with Crippen LogP contribution in [0.1, 0.15) is 37.5 Å². The predicted octanol–water partition coefficient (Wildman–Crippen LogP) is 7.97. The second-order valence-electron chi connectivity index (χ2n) is 9.94. The van der Waals surface area contributed by atoms with E-state index in [1.807, 2.05) is 53.5 Å². The Morgan fingerprint density at radius 2 is 0.714 bits per heavy atom. The van der Waals surface area contributed by atoms with Crippen molar-refractivity contribution in [2.24, 2.45) is 0 Å². The Kier molecular flexibility index (Phi) is 13.7. The third-order valence-corrected chi connectivity index (χ3v) is 9.66. The third-order valence-electron chi connectivity index (χ3n) is 6.05. The number of nitrogens with zero attached hydrogens (tertiary/aromatic N) is 3. The van der Waals surface area contributed by atoms with Gasteiger partial charge in [-0.15, -0.1) is 15.0 Å². The summed E-state index contributed by atoms with van der Waals surface area (Å²) in [7, 11) is 0. The summed E-state index contributed by atoms with van der Waals surface area (Å²) in [6, 6.07) is 32.0. The number of aromatic nitrogens is 3. The van der Waals surface area contributed by atoms with Crippen molar-refractivity contribution in [1.29, 1.82) is 0 Å². The maximum Gasteiger partial charge on any atom is 0.325 e. The molecule has 0 saturated carbocycles. The molecule has 0 spiro atoms. The van der Waals surface area contributed by atoms with Crippen molar-refractivity contribution in [3.8, 4) is 18.0 Å². The minimum absolute atomic E-state index is 0.219. The number of ether oxygens (including phenoxy) is 3. The van der Waals surface area contributed by atoms with Crippen molar-refractivity contribution >= 4 is 35.3 Å². The Hall–Kier alpha value is -2.88. The lowest BCUT2D eigenvalue weighted by Crippen LogP contribution is -2.17. The van der Waals surface area contributed by atoms with Gasteiger partial charge in [0.05, 0.1) is 0 Å². The maximum absolute atomic E-state index is 6.01. The minimum atomic E-state index is 0.219. The first-order valence-corrected chi connectivity index (χ1v) is 17.3. The molecule has 222 valence electrons. The first-order chi connectivity index (χ1) is 20.5. The topological polar surface area (TPSA) is 66.4 Å². The molecule has 1 aromatic heterocycles. The van der Waals surface area contributed by atoms with Crippen molar-refractivity contribution < 1.29 is 14.2 Å². The van der Waals surface area contributed by atoms with E-state index in [1.165, 1.54) is 16.7 Å². The van der Waals surface area contributed by atoms with Crippen LogP contribution in [-0.2, 0) is 17.3 Å². The molecule has 0 saturated heterocycles. The molecule has 0 fully saturated rings. The summed E-state index contributed by atoms with van der Waals surface area (Å²) >= 11 is 5.49. The summed E-state index contributed by atoms with van der Waals surface area (Å²) in [4.78, 5) is 13.3. The molecular formula is C33H39N3O3S3. The Balaban J connectivity index is 1.31. The molecule has 0 amide bonds. The Labute approximate surface area is 262 Å².